The van der Waals surface area contributed by atoms with Crippen molar-refractivity contribution < 1.29 is 13.5 Å². The highest BCUT2D eigenvalue weighted by atomic mass is 32.2. The van der Waals surface area contributed by atoms with Crippen LogP contribution in [0.4, 0.5) is 5.82 Å². The van der Waals surface area contributed by atoms with Gasteiger partial charge in [0.2, 0.25) is 15.9 Å². The van der Waals surface area contributed by atoms with E-state index in [4.69, 9.17) is 4.99 Å². The number of aromatic amines is 2. The number of hydrogen-bond acceptors (Lipinski definition) is 8. The molecular weight excluding hydrogens is 460 g/mol. The highest BCUT2D eigenvalue weighted by molar-refractivity contribution is 7.88. The van der Waals surface area contributed by atoms with Crippen molar-refractivity contribution in [3.63, 3.8) is 0 Å². The number of aromatic nitrogens is 5. The predicted octanol–water partition coefficient (Wildman–Crippen LogP) is -0.128. The van der Waals surface area contributed by atoms with Gasteiger partial charge in [-0.3, -0.25) is 9.98 Å². The van der Waals surface area contributed by atoms with Crippen LogP contribution in [0.3, 0.4) is 0 Å². The van der Waals surface area contributed by atoms with Crippen LogP contribution in [0.5, 0.6) is 5.88 Å². The predicted molar refractivity (Wildman–Crippen MR) is 125 cm³/mol. The Morgan fingerprint density at radius 3 is 2.62 bits per heavy atom. The molecule has 0 radical (unpaired) electrons. The summed E-state index contributed by atoms with van der Waals surface area (Å²) in [5, 5.41) is 14.9. The molecule has 180 valence electrons. The molecule has 0 aliphatic heterocycles. The van der Waals surface area contributed by atoms with Gasteiger partial charge in [0.1, 0.15) is 5.69 Å². The Labute approximate surface area is 194 Å². The highest BCUT2D eigenvalue weighted by Crippen LogP contribution is 2.24. The molecule has 2 fully saturated rings. The Morgan fingerprint density at radius 2 is 1.97 bits per heavy atom. The number of imidazole rings is 1. The van der Waals surface area contributed by atoms with Crippen molar-refractivity contribution >= 4 is 33.8 Å². The van der Waals surface area contributed by atoms with Crippen molar-refractivity contribution in [2.45, 2.75) is 50.6 Å². The van der Waals surface area contributed by atoms with Crippen molar-refractivity contribution in [2.75, 3.05) is 6.26 Å². The van der Waals surface area contributed by atoms with Gasteiger partial charge >= 0.3 is 5.69 Å². The molecule has 13 heteroatoms. The number of sulfonamides is 1. The maximum atomic E-state index is 11.5. The van der Waals surface area contributed by atoms with Gasteiger partial charge < -0.3 is 10.1 Å². The van der Waals surface area contributed by atoms with E-state index in [2.05, 4.69) is 29.8 Å². The number of nitrogens with zero attached hydrogens (tertiary/aromatic N) is 5. The molecule has 0 amide bonds. The molecule has 0 aromatic carbocycles. The fourth-order valence-corrected chi connectivity index (χ4v) is 4.96. The summed E-state index contributed by atoms with van der Waals surface area (Å²) in [5.74, 6) is 0.463. The summed E-state index contributed by atoms with van der Waals surface area (Å²) in [5.41, 5.74) is 0.879. The average molecular weight is 487 g/mol. The number of rotatable bonds is 6. The lowest BCUT2D eigenvalue weighted by molar-refractivity contribution is 0.374. The lowest BCUT2D eigenvalue weighted by Crippen LogP contribution is -2.37. The van der Waals surface area contributed by atoms with Crippen LogP contribution in [0.2, 0.25) is 0 Å². The van der Waals surface area contributed by atoms with Gasteiger partial charge in [-0.2, -0.15) is 9.61 Å². The van der Waals surface area contributed by atoms with Crippen molar-refractivity contribution in [2.24, 2.45) is 15.9 Å². The van der Waals surface area contributed by atoms with E-state index in [1.807, 2.05) is 6.21 Å². The number of H-pyrrole nitrogens is 2. The molecule has 2 aliphatic rings. The number of hydrogen-bond donors (Lipinski definition) is 4. The van der Waals surface area contributed by atoms with Crippen LogP contribution in [-0.4, -0.2) is 62.6 Å². The van der Waals surface area contributed by atoms with Crippen molar-refractivity contribution in [3.8, 4) is 5.88 Å². The third-order valence-electron chi connectivity index (χ3n) is 5.93. The Bertz CT molecular complexity index is 1520. The lowest BCUT2D eigenvalue weighted by atomic mass is 9.87. The fourth-order valence-electron chi connectivity index (χ4n) is 4.12. The zero-order chi connectivity index (χ0) is 23.9. The smallest absolute Gasteiger partial charge is 0.326 e. The summed E-state index contributed by atoms with van der Waals surface area (Å²) in [6.07, 6.45) is 11.5. The van der Waals surface area contributed by atoms with Gasteiger partial charge in [0.25, 0.3) is 0 Å². The number of nitrogens with one attached hydrogen (secondary N) is 3. The first kappa shape index (κ1) is 22.5. The first-order chi connectivity index (χ1) is 16.2. The third-order valence-corrected chi connectivity index (χ3v) is 6.70. The fraction of sp³-hybridized carbons (Fsp3) is 0.476. The molecule has 34 heavy (non-hydrogen) atoms. The van der Waals surface area contributed by atoms with E-state index >= 15 is 0 Å². The summed E-state index contributed by atoms with van der Waals surface area (Å²) in [6.45, 7) is 0. The van der Waals surface area contributed by atoms with Crippen molar-refractivity contribution in [1.29, 1.82) is 0 Å². The Kier molecular flexibility index (Phi) is 5.81. The molecule has 12 nitrogen and oxygen atoms in total. The van der Waals surface area contributed by atoms with Crippen LogP contribution in [0.25, 0.3) is 11.7 Å². The van der Waals surface area contributed by atoms with E-state index in [9.17, 15) is 18.3 Å². The van der Waals surface area contributed by atoms with Crippen LogP contribution < -0.4 is 21.1 Å². The quantitative estimate of drug-likeness (QED) is 0.354. The monoisotopic (exact) mass is 486 g/mol. The minimum atomic E-state index is -3.20. The standard InChI is InChI=1S/C21H26N8O4S/c1-34(32,33)28-15-4-2-12(3-5-15)10-22-17-9-18(24-14-6-7-14)29-19(26-17)13(11-23-29)8-16-20(30)27-21(31)25-16/h8-12,14-15,28,30H,2-7H2,1H3,(H2,25,27,31). The summed E-state index contributed by atoms with van der Waals surface area (Å²) in [6, 6.07) is 2.03. The van der Waals surface area contributed by atoms with Gasteiger partial charge in [0, 0.05) is 23.5 Å². The second-order valence-electron chi connectivity index (χ2n) is 8.93. The van der Waals surface area contributed by atoms with Crippen LogP contribution in [-0.2, 0) is 10.0 Å². The second kappa shape index (κ2) is 8.80. The Hall–Kier alpha value is -3.32. The molecule has 5 rings (SSSR count). The first-order valence-electron chi connectivity index (χ1n) is 11.2. The Morgan fingerprint density at radius 1 is 1.21 bits per heavy atom. The molecule has 3 aromatic rings. The topological polar surface area (TPSA) is 170 Å². The van der Waals surface area contributed by atoms with E-state index in [-0.39, 0.29) is 29.6 Å². The van der Waals surface area contributed by atoms with Crippen LogP contribution in [0.15, 0.2) is 27.0 Å². The molecule has 2 saturated carbocycles. The second-order valence-corrected chi connectivity index (χ2v) is 10.7. The average Bonchev–Trinajstić information content (AvgIpc) is 3.40. The van der Waals surface area contributed by atoms with Crippen LogP contribution in [0.1, 0.15) is 44.2 Å². The van der Waals surface area contributed by atoms with Crippen LogP contribution >= 0.6 is 0 Å². The van der Waals surface area contributed by atoms with Gasteiger partial charge in [-0.15, -0.1) is 0 Å². The van der Waals surface area contributed by atoms with E-state index in [1.54, 1.807) is 22.9 Å². The highest BCUT2D eigenvalue weighted by Gasteiger charge is 2.23. The number of aliphatic imine (C=N–C) groups is 1. The van der Waals surface area contributed by atoms with Gasteiger partial charge in [-0.1, -0.05) is 0 Å². The Balaban J connectivity index is 1.45. The minimum Gasteiger partial charge on any atom is -0.493 e. The molecule has 2 aliphatic carbocycles. The molecule has 0 unspecified atom stereocenters. The minimum absolute atomic E-state index is 0.0285. The molecule has 4 N–H and O–H groups in total. The molecule has 3 heterocycles. The summed E-state index contributed by atoms with van der Waals surface area (Å²) >= 11 is 0. The summed E-state index contributed by atoms with van der Waals surface area (Å²) in [7, 11) is -3.20. The van der Waals surface area contributed by atoms with Crippen molar-refractivity contribution in [1.82, 2.24) is 29.3 Å². The zero-order valence-electron chi connectivity index (χ0n) is 18.6. The largest absolute Gasteiger partial charge is 0.493 e. The van der Waals surface area contributed by atoms with Gasteiger partial charge in [0.05, 0.1) is 18.5 Å². The van der Waals surface area contributed by atoms with Gasteiger partial charge in [-0.05, 0) is 50.5 Å². The van der Waals surface area contributed by atoms with E-state index in [0.29, 0.717) is 22.2 Å². The third kappa shape index (κ3) is 5.25. The normalized spacial score (nSPS) is 22.9. The molecule has 0 bridgehead atoms. The lowest BCUT2D eigenvalue weighted by Gasteiger charge is -2.26. The maximum absolute atomic E-state index is 11.5. The molecule has 0 saturated heterocycles. The number of aromatic hydroxyl groups is 1. The molecular formula is C21H26N8O4S. The van der Waals surface area contributed by atoms with E-state index < -0.39 is 15.7 Å². The van der Waals surface area contributed by atoms with E-state index in [0.717, 1.165) is 38.5 Å². The molecule has 0 atom stereocenters. The summed E-state index contributed by atoms with van der Waals surface area (Å²) < 4.78 is 27.2. The van der Waals surface area contributed by atoms with Crippen LogP contribution in [0, 0.1) is 5.92 Å². The van der Waals surface area contributed by atoms with Crippen molar-refractivity contribution in [3.05, 3.63) is 39.1 Å². The SMILES string of the molecule is CS(=O)(=O)NC1CCC(C=Nc2cc(=NC3CC3)n3ncc(=Cc4[nH]c(=O)[nH]c4O)c3n2)CC1. The van der Waals surface area contributed by atoms with E-state index in [1.165, 1.54) is 6.26 Å². The maximum Gasteiger partial charge on any atom is 0.326 e. The van der Waals surface area contributed by atoms with Gasteiger partial charge in [-0.25, -0.2) is 27.9 Å². The van der Waals surface area contributed by atoms with Gasteiger partial charge in [0.15, 0.2) is 17.0 Å². The molecule has 3 aromatic heterocycles. The number of fused-ring (bicyclic) bond motifs is 1. The zero-order valence-corrected chi connectivity index (χ0v) is 19.4. The molecule has 0 spiro atoms. The first-order valence-corrected chi connectivity index (χ1v) is 13.1. The summed E-state index contributed by atoms with van der Waals surface area (Å²) in [4.78, 5) is 30.3.